The summed E-state index contributed by atoms with van der Waals surface area (Å²) in [5.41, 5.74) is 2.39. The van der Waals surface area contributed by atoms with Crippen LogP contribution in [0, 0.1) is 6.92 Å². The van der Waals surface area contributed by atoms with E-state index < -0.39 is 5.97 Å². The number of pyridine rings is 1. The Hall–Kier alpha value is -2.89. The van der Waals surface area contributed by atoms with Gasteiger partial charge in [-0.1, -0.05) is 0 Å². The van der Waals surface area contributed by atoms with Crippen molar-refractivity contribution in [3.63, 3.8) is 0 Å². The lowest BCUT2D eigenvalue weighted by Gasteiger charge is -2.08. The van der Waals surface area contributed by atoms with Gasteiger partial charge in [0.05, 0.1) is 32.0 Å². The van der Waals surface area contributed by atoms with E-state index in [4.69, 9.17) is 4.74 Å². The highest BCUT2D eigenvalue weighted by molar-refractivity contribution is 5.94. The molecule has 0 spiro atoms. The Kier molecular flexibility index (Phi) is 5.30. The highest BCUT2D eigenvalue weighted by Gasteiger charge is 2.10. The molecule has 120 valence electrons. The first kappa shape index (κ1) is 16.5. The van der Waals surface area contributed by atoms with Crippen molar-refractivity contribution in [1.82, 2.24) is 10.3 Å². The molecular weight excluding hydrogens is 296 g/mol. The molecule has 1 aromatic heterocycles. The molecule has 6 heteroatoms. The molecule has 1 amide bonds. The van der Waals surface area contributed by atoms with Gasteiger partial charge >= 0.3 is 5.97 Å². The maximum absolute atomic E-state index is 12.2. The Morgan fingerprint density at radius 2 is 1.91 bits per heavy atom. The van der Waals surface area contributed by atoms with E-state index in [0.717, 1.165) is 11.3 Å². The van der Waals surface area contributed by atoms with Gasteiger partial charge in [0.2, 0.25) is 0 Å². The first-order chi connectivity index (χ1) is 11.0. The first-order valence-electron chi connectivity index (χ1n) is 7.01. The third kappa shape index (κ3) is 4.06. The Morgan fingerprint density at radius 3 is 2.57 bits per heavy atom. The zero-order valence-electron chi connectivity index (χ0n) is 13.3. The van der Waals surface area contributed by atoms with Crippen LogP contribution in [0.3, 0.4) is 0 Å². The molecule has 0 unspecified atom stereocenters. The number of hydrogen-bond donors (Lipinski definition) is 1. The van der Waals surface area contributed by atoms with Crippen LogP contribution in [0.5, 0.6) is 5.75 Å². The molecule has 1 aromatic carbocycles. The second kappa shape index (κ2) is 7.40. The summed E-state index contributed by atoms with van der Waals surface area (Å²) in [6.07, 6.45) is 1.51. The molecule has 1 N–H and O–H groups in total. The average molecular weight is 314 g/mol. The lowest BCUT2D eigenvalue weighted by Crippen LogP contribution is -2.23. The summed E-state index contributed by atoms with van der Waals surface area (Å²) in [7, 11) is 2.90. The Bertz CT molecular complexity index is 728. The van der Waals surface area contributed by atoms with Crippen LogP contribution >= 0.6 is 0 Å². The number of hydrogen-bond acceptors (Lipinski definition) is 5. The zero-order valence-corrected chi connectivity index (χ0v) is 13.3. The van der Waals surface area contributed by atoms with Crippen LogP contribution < -0.4 is 10.1 Å². The summed E-state index contributed by atoms with van der Waals surface area (Å²) in [5, 5.41) is 2.77. The number of rotatable bonds is 5. The molecular formula is C17H18N2O4. The molecule has 2 aromatic rings. The highest BCUT2D eigenvalue weighted by atomic mass is 16.5. The van der Waals surface area contributed by atoms with E-state index in [9.17, 15) is 9.59 Å². The molecule has 0 radical (unpaired) electrons. The first-order valence-corrected chi connectivity index (χ1v) is 7.01. The molecule has 0 saturated heterocycles. The normalized spacial score (nSPS) is 10.0. The van der Waals surface area contributed by atoms with Gasteiger partial charge in [-0.15, -0.1) is 0 Å². The third-order valence-electron chi connectivity index (χ3n) is 3.32. The molecule has 23 heavy (non-hydrogen) atoms. The van der Waals surface area contributed by atoms with Crippen molar-refractivity contribution < 1.29 is 19.1 Å². The van der Waals surface area contributed by atoms with E-state index in [2.05, 4.69) is 15.0 Å². The molecule has 0 aliphatic rings. The number of aromatic nitrogens is 1. The average Bonchev–Trinajstić information content (AvgIpc) is 2.59. The summed E-state index contributed by atoms with van der Waals surface area (Å²) in [6, 6.07) is 8.35. The minimum absolute atomic E-state index is 0.217. The van der Waals surface area contributed by atoms with Gasteiger partial charge in [-0.3, -0.25) is 9.78 Å². The monoisotopic (exact) mass is 314 g/mol. The van der Waals surface area contributed by atoms with Gasteiger partial charge in [0.15, 0.2) is 0 Å². The van der Waals surface area contributed by atoms with Crippen LogP contribution in [0.15, 0.2) is 36.5 Å². The number of nitrogens with zero attached hydrogens (tertiary/aromatic N) is 1. The molecule has 2 rings (SSSR count). The van der Waals surface area contributed by atoms with E-state index >= 15 is 0 Å². The molecule has 0 aliphatic heterocycles. The van der Waals surface area contributed by atoms with Crippen LogP contribution in [-0.4, -0.2) is 31.1 Å². The van der Waals surface area contributed by atoms with Crippen LogP contribution in [0.1, 0.15) is 32.0 Å². The molecule has 0 aliphatic carbocycles. The van der Waals surface area contributed by atoms with E-state index in [0.29, 0.717) is 16.8 Å². The third-order valence-corrected chi connectivity index (χ3v) is 3.32. The maximum atomic E-state index is 12.2. The van der Waals surface area contributed by atoms with Gasteiger partial charge < -0.3 is 14.8 Å². The van der Waals surface area contributed by atoms with Crippen molar-refractivity contribution in [2.75, 3.05) is 14.2 Å². The molecule has 0 fully saturated rings. The van der Waals surface area contributed by atoms with Crippen molar-refractivity contribution in [2.24, 2.45) is 0 Å². The number of carbonyl (C=O) groups excluding carboxylic acids is 2. The van der Waals surface area contributed by atoms with E-state index in [1.165, 1.54) is 13.3 Å². The van der Waals surface area contributed by atoms with E-state index in [-0.39, 0.29) is 12.5 Å². The number of ether oxygens (including phenoxy) is 2. The van der Waals surface area contributed by atoms with Crippen molar-refractivity contribution >= 4 is 11.9 Å². The van der Waals surface area contributed by atoms with Gasteiger partial charge in [0, 0.05) is 11.8 Å². The highest BCUT2D eigenvalue weighted by Crippen LogP contribution is 2.18. The van der Waals surface area contributed by atoms with Gasteiger partial charge in [-0.05, 0) is 42.8 Å². The van der Waals surface area contributed by atoms with Crippen LogP contribution in [0.4, 0.5) is 0 Å². The minimum Gasteiger partial charge on any atom is -0.496 e. The van der Waals surface area contributed by atoms with Gasteiger partial charge in [0.25, 0.3) is 5.91 Å². The number of aryl methyl sites for hydroxylation is 1. The lowest BCUT2D eigenvalue weighted by atomic mass is 10.1. The molecule has 0 bridgehead atoms. The fourth-order valence-electron chi connectivity index (χ4n) is 2.11. The molecule has 1 heterocycles. The Labute approximate surface area is 134 Å². The minimum atomic E-state index is -0.439. The Morgan fingerprint density at radius 1 is 1.13 bits per heavy atom. The van der Waals surface area contributed by atoms with E-state index in [1.807, 2.05) is 6.92 Å². The topological polar surface area (TPSA) is 77.5 Å². The predicted octanol–water partition coefficient (Wildman–Crippen LogP) is 2.12. The predicted molar refractivity (Wildman–Crippen MR) is 84.5 cm³/mol. The number of carbonyl (C=O) groups is 2. The number of amides is 1. The standard InChI is InChI=1S/C17H18N2O4/c1-11-8-12(4-5-15(11)22-2)16(20)19-10-14-9-13(6-7-18-14)17(21)23-3/h4-9H,10H2,1-3H3,(H,19,20). The largest absolute Gasteiger partial charge is 0.496 e. The quantitative estimate of drug-likeness (QED) is 0.855. The fourth-order valence-corrected chi connectivity index (χ4v) is 2.11. The van der Waals surface area contributed by atoms with Crippen LogP contribution in [0.25, 0.3) is 0 Å². The molecule has 0 saturated carbocycles. The maximum Gasteiger partial charge on any atom is 0.337 e. The van der Waals surface area contributed by atoms with Gasteiger partial charge in [0.1, 0.15) is 5.75 Å². The second-order valence-corrected chi connectivity index (χ2v) is 4.89. The van der Waals surface area contributed by atoms with Gasteiger partial charge in [-0.2, -0.15) is 0 Å². The van der Waals surface area contributed by atoms with Crippen molar-refractivity contribution in [3.05, 3.63) is 58.9 Å². The van der Waals surface area contributed by atoms with Crippen molar-refractivity contribution in [2.45, 2.75) is 13.5 Å². The number of methoxy groups -OCH3 is 2. The smallest absolute Gasteiger partial charge is 0.337 e. The summed E-state index contributed by atoms with van der Waals surface area (Å²) >= 11 is 0. The molecule has 6 nitrogen and oxygen atoms in total. The van der Waals surface area contributed by atoms with Crippen LogP contribution in [-0.2, 0) is 11.3 Å². The fraction of sp³-hybridized carbons (Fsp3) is 0.235. The summed E-state index contributed by atoms with van der Waals surface area (Å²) in [5.74, 6) is 0.0702. The summed E-state index contributed by atoms with van der Waals surface area (Å²) < 4.78 is 9.82. The van der Waals surface area contributed by atoms with E-state index in [1.54, 1.807) is 37.4 Å². The van der Waals surface area contributed by atoms with Crippen LogP contribution in [0.2, 0.25) is 0 Å². The van der Waals surface area contributed by atoms with Crippen molar-refractivity contribution in [3.8, 4) is 5.75 Å². The number of benzene rings is 1. The number of esters is 1. The SMILES string of the molecule is COC(=O)c1ccnc(CNC(=O)c2ccc(OC)c(C)c2)c1. The summed E-state index contributed by atoms with van der Waals surface area (Å²) in [6.45, 7) is 2.09. The van der Waals surface area contributed by atoms with Crippen molar-refractivity contribution in [1.29, 1.82) is 0 Å². The van der Waals surface area contributed by atoms with Gasteiger partial charge in [-0.25, -0.2) is 4.79 Å². The molecule has 0 atom stereocenters. The number of nitrogens with one attached hydrogen (secondary N) is 1. The summed E-state index contributed by atoms with van der Waals surface area (Å²) in [4.78, 5) is 27.8. The second-order valence-electron chi connectivity index (χ2n) is 4.89. The zero-order chi connectivity index (χ0) is 16.8. The lowest BCUT2D eigenvalue weighted by molar-refractivity contribution is 0.0600. The Balaban J connectivity index is 2.04.